The van der Waals surface area contributed by atoms with Crippen LogP contribution in [0.1, 0.15) is 11.6 Å². The van der Waals surface area contributed by atoms with Gasteiger partial charge in [-0.2, -0.15) is 0 Å². The van der Waals surface area contributed by atoms with Crippen LogP contribution < -0.4 is 4.90 Å². The first-order valence-corrected chi connectivity index (χ1v) is 6.74. The Bertz CT molecular complexity index is 644. The van der Waals surface area contributed by atoms with Crippen molar-refractivity contribution in [2.45, 2.75) is 10.5 Å². The Morgan fingerprint density at radius 3 is 2.20 bits per heavy atom. The highest BCUT2D eigenvalue weighted by Gasteiger charge is 2.62. The monoisotopic (exact) mass is 308 g/mol. The maximum absolute atomic E-state index is 10.7. The van der Waals surface area contributed by atoms with Gasteiger partial charge in [-0.1, -0.05) is 41.4 Å². The normalized spacial score (nSPS) is 19.7. The van der Waals surface area contributed by atoms with E-state index in [0.29, 0.717) is 0 Å². The van der Waals surface area contributed by atoms with E-state index in [1.165, 1.54) is 12.1 Å². The van der Waals surface area contributed by atoms with Gasteiger partial charge in [0.25, 0.3) is 5.69 Å². The third-order valence-electron chi connectivity index (χ3n) is 3.29. The van der Waals surface area contributed by atoms with Crippen molar-refractivity contribution in [2.24, 2.45) is 0 Å². The number of halogens is 2. The number of para-hydroxylation sites is 1. The van der Waals surface area contributed by atoms with Crippen LogP contribution in [0.15, 0.2) is 54.6 Å². The average Bonchev–Trinajstić information content (AvgIpc) is 3.02. The Labute approximate surface area is 125 Å². The molecule has 0 aliphatic carbocycles. The molecular formula is C14H10Cl2N2O2. The fraction of sp³-hybridized carbons (Fsp3) is 0.143. The Morgan fingerprint density at radius 1 is 1.05 bits per heavy atom. The van der Waals surface area contributed by atoms with E-state index in [4.69, 9.17) is 23.2 Å². The number of anilines is 1. The van der Waals surface area contributed by atoms with Crippen LogP contribution in [-0.2, 0) is 0 Å². The largest absolute Gasteiger partial charge is 0.326 e. The molecule has 3 rings (SSSR count). The summed E-state index contributed by atoms with van der Waals surface area (Å²) in [7, 11) is 0. The zero-order valence-electron chi connectivity index (χ0n) is 10.2. The van der Waals surface area contributed by atoms with E-state index in [1.54, 1.807) is 12.1 Å². The first-order chi connectivity index (χ1) is 9.51. The Balaban J connectivity index is 1.89. The van der Waals surface area contributed by atoms with E-state index < -0.39 is 9.38 Å². The van der Waals surface area contributed by atoms with E-state index in [0.717, 1.165) is 11.3 Å². The number of benzene rings is 2. The Morgan fingerprint density at radius 2 is 1.65 bits per heavy atom. The van der Waals surface area contributed by atoms with Gasteiger partial charge in [0.2, 0.25) is 4.46 Å². The number of hydrogen-bond donors (Lipinski definition) is 0. The maximum Gasteiger partial charge on any atom is 0.269 e. The lowest BCUT2D eigenvalue weighted by molar-refractivity contribution is -0.384. The van der Waals surface area contributed by atoms with E-state index in [1.807, 2.05) is 35.2 Å². The van der Waals surface area contributed by atoms with Crippen molar-refractivity contribution in [3.63, 3.8) is 0 Å². The zero-order valence-corrected chi connectivity index (χ0v) is 11.8. The molecule has 2 aromatic rings. The van der Waals surface area contributed by atoms with Crippen LogP contribution in [0, 0.1) is 10.1 Å². The minimum Gasteiger partial charge on any atom is -0.326 e. The van der Waals surface area contributed by atoms with Gasteiger partial charge in [-0.05, 0) is 29.8 Å². The maximum atomic E-state index is 10.7. The molecular weight excluding hydrogens is 299 g/mol. The first kappa shape index (κ1) is 13.2. The lowest BCUT2D eigenvalue weighted by atomic mass is 10.1. The summed E-state index contributed by atoms with van der Waals surface area (Å²) in [5.74, 6) is 0. The van der Waals surface area contributed by atoms with Gasteiger partial charge in [-0.15, -0.1) is 0 Å². The predicted octanol–water partition coefficient (Wildman–Crippen LogP) is 4.29. The summed E-state index contributed by atoms with van der Waals surface area (Å²) in [6.45, 7) is 0. The number of nitrogens with zero attached hydrogens (tertiary/aromatic N) is 2. The number of alkyl halides is 2. The lowest BCUT2D eigenvalue weighted by Crippen LogP contribution is -2.00. The molecule has 1 saturated heterocycles. The molecule has 0 unspecified atom stereocenters. The molecule has 1 atom stereocenters. The van der Waals surface area contributed by atoms with Gasteiger partial charge in [-0.25, -0.2) is 0 Å². The Hall–Kier alpha value is -1.78. The highest BCUT2D eigenvalue weighted by Crippen LogP contribution is 2.61. The van der Waals surface area contributed by atoms with Crippen molar-refractivity contribution in [1.82, 2.24) is 0 Å². The van der Waals surface area contributed by atoms with Gasteiger partial charge in [-0.3, -0.25) is 10.1 Å². The molecule has 0 bridgehead atoms. The van der Waals surface area contributed by atoms with Crippen LogP contribution in [0.4, 0.5) is 11.4 Å². The fourth-order valence-electron chi connectivity index (χ4n) is 2.28. The molecule has 2 aromatic carbocycles. The topological polar surface area (TPSA) is 46.1 Å². The molecule has 1 aliphatic rings. The van der Waals surface area contributed by atoms with Gasteiger partial charge in [0.15, 0.2) is 0 Å². The molecule has 0 N–H and O–H groups in total. The molecule has 20 heavy (non-hydrogen) atoms. The molecule has 0 amide bonds. The number of hydrogen-bond acceptors (Lipinski definition) is 3. The number of nitro benzene ring substituents is 1. The minimum atomic E-state index is -1.02. The molecule has 4 nitrogen and oxygen atoms in total. The van der Waals surface area contributed by atoms with Crippen LogP contribution in [0.5, 0.6) is 0 Å². The zero-order chi connectivity index (χ0) is 14.3. The van der Waals surface area contributed by atoms with Crippen molar-refractivity contribution in [1.29, 1.82) is 0 Å². The average molecular weight is 309 g/mol. The van der Waals surface area contributed by atoms with Crippen molar-refractivity contribution in [3.05, 3.63) is 70.3 Å². The third kappa shape index (κ3) is 2.11. The van der Waals surface area contributed by atoms with Crippen molar-refractivity contribution >= 4 is 34.6 Å². The Kier molecular flexibility index (Phi) is 3.07. The van der Waals surface area contributed by atoms with Gasteiger partial charge >= 0.3 is 0 Å². The van der Waals surface area contributed by atoms with Crippen LogP contribution in [0.3, 0.4) is 0 Å². The first-order valence-electron chi connectivity index (χ1n) is 5.98. The predicted molar refractivity (Wildman–Crippen MR) is 79.2 cm³/mol. The van der Waals surface area contributed by atoms with Crippen LogP contribution in [-0.4, -0.2) is 9.38 Å². The van der Waals surface area contributed by atoms with Crippen molar-refractivity contribution < 1.29 is 4.92 Å². The number of rotatable bonds is 3. The lowest BCUT2D eigenvalue weighted by Gasteiger charge is -2.05. The van der Waals surface area contributed by atoms with Crippen molar-refractivity contribution in [2.75, 3.05) is 4.90 Å². The quantitative estimate of drug-likeness (QED) is 0.279. The summed E-state index contributed by atoms with van der Waals surface area (Å²) >= 11 is 12.6. The SMILES string of the molecule is O=[N+]([O-])c1ccc([C@H]2N(c3ccccc3)C2(Cl)Cl)cc1. The molecule has 0 saturated carbocycles. The molecule has 1 heterocycles. The van der Waals surface area contributed by atoms with E-state index in [9.17, 15) is 10.1 Å². The van der Waals surface area contributed by atoms with E-state index in [-0.39, 0.29) is 11.7 Å². The van der Waals surface area contributed by atoms with Crippen LogP contribution in [0.25, 0.3) is 0 Å². The second-order valence-electron chi connectivity index (χ2n) is 4.54. The van der Waals surface area contributed by atoms with Gasteiger partial charge in [0.1, 0.15) is 6.04 Å². The second kappa shape index (κ2) is 4.65. The summed E-state index contributed by atoms with van der Waals surface area (Å²) in [5, 5.41) is 10.7. The molecule has 0 aromatic heterocycles. The molecule has 1 fully saturated rings. The minimum absolute atomic E-state index is 0.0513. The summed E-state index contributed by atoms with van der Waals surface area (Å²) in [4.78, 5) is 12.1. The molecule has 1 aliphatic heterocycles. The summed E-state index contributed by atoms with van der Waals surface area (Å²) in [5.41, 5.74) is 1.82. The molecule has 6 heteroatoms. The van der Waals surface area contributed by atoms with Crippen molar-refractivity contribution in [3.8, 4) is 0 Å². The van der Waals surface area contributed by atoms with Crippen LogP contribution in [0.2, 0.25) is 0 Å². The standard InChI is InChI=1S/C14H10Cl2N2O2/c15-14(16)13(17(14)11-4-2-1-3-5-11)10-6-8-12(9-7-10)18(19)20/h1-9,13H/t13-,17?/m1/s1. The van der Waals surface area contributed by atoms with Gasteiger partial charge < -0.3 is 4.90 Å². The van der Waals surface area contributed by atoms with E-state index >= 15 is 0 Å². The van der Waals surface area contributed by atoms with Gasteiger partial charge in [0.05, 0.1) is 4.92 Å². The molecule has 0 radical (unpaired) electrons. The van der Waals surface area contributed by atoms with Crippen LogP contribution >= 0.6 is 23.2 Å². The molecule has 0 spiro atoms. The number of non-ortho nitro benzene ring substituents is 1. The van der Waals surface area contributed by atoms with E-state index in [2.05, 4.69) is 0 Å². The smallest absolute Gasteiger partial charge is 0.269 e. The summed E-state index contributed by atoms with van der Waals surface area (Å²) in [6, 6.07) is 15.7. The summed E-state index contributed by atoms with van der Waals surface area (Å²) < 4.78 is -1.02. The highest BCUT2D eigenvalue weighted by atomic mass is 35.5. The summed E-state index contributed by atoms with van der Waals surface area (Å²) in [6.07, 6.45) is 0. The second-order valence-corrected chi connectivity index (χ2v) is 5.89. The molecule has 102 valence electrons. The van der Waals surface area contributed by atoms with Gasteiger partial charge in [0, 0.05) is 17.8 Å². The highest BCUT2D eigenvalue weighted by molar-refractivity contribution is 6.53. The number of nitro groups is 1. The fourth-order valence-corrected chi connectivity index (χ4v) is 3.02. The third-order valence-corrected chi connectivity index (χ3v) is 4.07.